The largest absolute Gasteiger partial charge is 0.478 e. The summed E-state index contributed by atoms with van der Waals surface area (Å²) in [7, 11) is 0. The number of pyridine rings is 1. The molecule has 1 unspecified atom stereocenters. The minimum absolute atomic E-state index is 0.000522. The van der Waals surface area contributed by atoms with Crippen LogP contribution in [0.2, 0.25) is 0 Å². The zero-order valence-electron chi connectivity index (χ0n) is 25.7. The van der Waals surface area contributed by atoms with Gasteiger partial charge in [0.2, 0.25) is 5.88 Å². The molecule has 1 aliphatic carbocycles. The molecule has 2 aromatic carbocycles. The second kappa shape index (κ2) is 12.5. The van der Waals surface area contributed by atoms with Crippen LogP contribution >= 0.6 is 11.3 Å². The first-order chi connectivity index (χ1) is 23.4. The molecule has 4 aromatic heterocycles. The van der Waals surface area contributed by atoms with Crippen LogP contribution < -0.4 is 4.74 Å². The van der Waals surface area contributed by atoms with Crippen molar-refractivity contribution >= 4 is 28.3 Å². The maximum Gasteiger partial charge on any atom is 0.335 e. The van der Waals surface area contributed by atoms with Crippen molar-refractivity contribution in [2.75, 3.05) is 6.61 Å². The lowest BCUT2D eigenvalue weighted by atomic mass is 10.0. The second-order valence-electron chi connectivity index (χ2n) is 12.2. The third-order valence-corrected chi connectivity index (χ3v) is 9.71. The highest BCUT2D eigenvalue weighted by Gasteiger charge is 2.24. The number of carboxylic acid groups (broad SMARTS) is 1. The molecule has 1 N–H and O–H groups in total. The summed E-state index contributed by atoms with van der Waals surface area (Å²) in [4.78, 5) is 26.2. The predicted octanol–water partition coefficient (Wildman–Crippen LogP) is 6.76. The van der Waals surface area contributed by atoms with Crippen LogP contribution in [0.15, 0.2) is 67.1 Å². The second-order valence-corrected chi connectivity index (χ2v) is 13.3. The average Bonchev–Trinajstić information content (AvgIpc) is 3.40. The van der Waals surface area contributed by atoms with Gasteiger partial charge in [0.1, 0.15) is 29.1 Å². The number of hydrogen-bond acceptors (Lipinski definition) is 8. The van der Waals surface area contributed by atoms with Gasteiger partial charge in [-0.3, -0.25) is 4.68 Å². The Morgan fingerprint density at radius 1 is 1.04 bits per heavy atom. The smallest absolute Gasteiger partial charge is 0.335 e. The summed E-state index contributed by atoms with van der Waals surface area (Å²) < 4.78 is 46.5. The lowest BCUT2D eigenvalue weighted by Crippen LogP contribution is -2.31. The van der Waals surface area contributed by atoms with E-state index < -0.39 is 17.6 Å². The van der Waals surface area contributed by atoms with Gasteiger partial charge in [0.25, 0.3) is 0 Å². The first kappa shape index (κ1) is 30.3. The molecule has 2 aliphatic rings. The Hall–Kier alpha value is -5.01. The highest BCUT2D eigenvalue weighted by molar-refractivity contribution is 7.15. The number of benzene rings is 2. The van der Waals surface area contributed by atoms with Crippen LogP contribution in [0, 0.1) is 17.6 Å². The molecule has 2 fully saturated rings. The molecule has 5 heterocycles. The molecule has 1 atom stereocenters. The molecule has 0 amide bonds. The maximum atomic E-state index is 15.6. The van der Waals surface area contributed by atoms with E-state index in [-0.39, 0.29) is 47.4 Å². The van der Waals surface area contributed by atoms with Gasteiger partial charge < -0.3 is 19.1 Å². The molecule has 48 heavy (non-hydrogen) atoms. The third-order valence-electron chi connectivity index (χ3n) is 8.70. The molecule has 10 nitrogen and oxygen atoms in total. The number of carbonyl (C=O) groups is 1. The van der Waals surface area contributed by atoms with Crippen LogP contribution in [0.25, 0.3) is 32.7 Å². The molecule has 1 aliphatic heterocycles. The Morgan fingerprint density at radius 3 is 2.71 bits per heavy atom. The van der Waals surface area contributed by atoms with Gasteiger partial charge in [-0.25, -0.2) is 28.5 Å². The fourth-order valence-corrected chi connectivity index (χ4v) is 6.62. The van der Waals surface area contributed by atoms with Gasteiger partial charge in [0.05, 0.1) is 46.0 Å². The van der Waals surface area contributed by atoms with Crippen molar-refractivity contribution in [3.05, 3.63) is 101 Å². The number of thiazole rings is 1. The first-order valence-corrected chi connectivity index (χ1v) is 16.6. The number of fused-ring (bicyclic) bond motifs is 1. The number of hydrogen-bond donors (Lipinski definition) is 1. The van der Waals surface area contributed by atoms with Crippen molar-refractivity contribution in [3.8, 4) is 27.6 Å². The van der Waals surface area contributed by atoms with Crippen LogP contribution in [0.3, 0.4) is 0 Å². The Labute approximate surface area is 277 Å². The molecule has 0 bridgehead atoms. The van der Waals surface area contributed by atoms with E-state index in [9.17, 15) is 9.90 Å². The quantitative estimate of drug-likeness (QED) is 0.152. The monoisotopic (exact) mass is 668 g/mol. The summed E-state index contributed by atoms with van der Waals surface area (Å²) in [5.41, 5.74) is 2.66. The van der Waals surface area contributed by atoms with E-state index in [0.29, 0.717) is 30.0 Å². The number of halogens is 2. The predicted molar refractivity (Wildman–Crippen MR) is 174 cm³/mol. The van der Waals surface area contributed by atoms with Crippen LogP contribution in [0.5, 0.6) is 5.88 Å². The number of aromatic nitrogens is 6. The summed E-state index contributed by atoms with van der Waals surface area (Å²) in [6.45, 7) is 2.20. The number of ether oxygens (including phenoxy) is 2. The molecule has 13 heteroatoms. The minimum atomic E-state index is -1.06. The lowest BCUT2D eigenvalue weighted by Gasteiger charge is -2.27. The number of nitrogens with zero attached hydrogens (tertiary/aromatic N) is 6. The van der Waals surface area contributed by atoms with Crippen molar-refractivity contribution < 1.29 is 28.2 Å². The molecule has 1 saturated heterocycles. The van der Waals surface area contributed by atoms with Gasteiger partial charge in [-0.2, -0.15) is 5.10 Å². The van der Waals surface area contributed by atoms with Gasteiger partial charge in [0.15, 0.2) is 0 Å². The zero-order chi connectivity index (χ0) is 32.8. The van der Waals surface area contributed by atoms with Crippen LogP contribution in [-0.4, -0.2) is 53.1 Å². The summed E-state index contributed by atoms with van der Waals surface area (Å²) in [6, 6.07) is 11.9. The number of carboxylic acids is 1. The Kier molecular flexibility index (Phi) is 7.93. The molecule has 8 rings (SSSR count). The van der Waals surface area contributed by atoms with Crippen LogP contribution in [0.1, 0.15) is 46.0 Å². The number of imidazole rings is 1. The van der Waals surface area contributed by atoms with E-state index in [1.165, 1.54) is 30.2 Å². The van der Waals surface area contributed by atoms with E-state index in [4.69, 9.17) is 9.47 Å². The third kappa shape index (κ3) is 6.30. The molecule has 0 radical (unpaired) electrons. The normalized spacial score (nSPS) is 15.9. The van der Waals surface area contributed by atoms with E-state index in [0.717, 1.165) is 46.5 Å². The Balaban J connectivity index is 0.988. The van der Waals surface area contributed by atoms with Gasteiger partial charge in [-0.15, -0.1) is 11.3 Å². The molecule has 1 saturated carbocycles. The van der Waals surface area contributed by atoms with Crippen molar-refractivity contribution in [2.45, 2.75) is 51.5 Å². The average molecular weight is 669 g/mol. The number of aromatic carboxylic acids is 1. The van der Waals surface area contributed by atoms with Crippen molar-refractivity contribution in [3.63, 3.8) is 0 Å². The molecule has 0 spiro atoms. The standard InChI is InChI=1S/C35H30F2N6O4S/c36-26-13-25(27(37)10-22(26)12-32-40-29-7-6-21(35(44)45)11-30(29)43(32)18-24-8-9-46-24)28-2-1-3-33(41-28)47-19-34-38-15-31(48-34)23-14-39-42(17-23)16-20-4-5-20/h1-3,6-7,10-11,13-15,17,20,24H,4-5,8-9,12,16,18-19H2,(H,44,45). The van der Waals surface area contributed by atoms with Gasteiger partial charge in [0, 0.05) is 49.2 Å². The van der Waals surface area contributed by atoms with Gasteiger partial charge in [-0.05, 0) is 67.1 Å². The maximum absolute atomic E-state index is 15.6. The Morgan fingerprint density at radius 2 is 1.92 bits per heavy atom. The highest BCUT2D eigenvalue weighted by Crippen LogP contribution is 2.33. The van der Waals surface area contributed by atoms with E-state index in [1.54, 1.807) is 36.5 Å². The summed E-state index contributed by atoms with van der Waals surface area (Å²) in [5, 5.41) is 14.7. The summed E-state index contributed by atoms with van der Waals surface area (Å²) >= 11 is 1.51. The Bertz CT molecular complexity index is 2150. The topological polar surface area (TPSA) is 117 Å². The summed E-state index contributed by atoms with van der Waals surface area (Å²) in [6.07, 6.45) is 9.01. The van der Waals surface area contributed by atoms with Crippen LogP contribution in [-0.2, 0) is 30.9 Å². The minimum Gasteiger partial charge on any atom is -0.478 e. The fraction of sp³-hybridized carbons (Fsp3) is 0.286. The first-order valence-electron chi connectivity index (χ1n) is 15.8. The van der Waals surface area contributed by atoms with E-state index >= 15 is 8.78 Å². The SMILES string of the molecule is O=C(O)c1ccc2nc(Cc3cc(F)c(-c4cccc(OCc5ncc(-c6cnn(CC7CC7)c6)s5)n4)cc3F)n(CC3CCO3)c2c1. The van der Waals surface area contributed by atoms with Gasteiger partial charge in [-0.1, -0.05) is 6.07 Å². The molecule has 244 valence electrons. The molecule has 6 aromatic rings. The van der Waals surface area contributed by atoms with Gasteiger partial charge >= 0.3 is 5.97 Å². The lowest BCUT2D eigenvalue weighted by molar-refractivity contribution is -0.0589. The van der Waals surface area contributed by atoms with E-state index in [1.807, 2.05) is 21.6 Å². The molecular formula is C35H30F2N6O4S. The molecular weight excluding hydrogens is 638 g/mol. The van der Waals surface area contributed by atoms with E-state index in [2.05, 4.69) is 20.1 Å². The number of rotatable bonds is 12. The van der Waals surface area contributed by atoms with Crippen LogP contribution in [0.4, 0.5) is 8.78 Å². The van der Waals surface area contributed by atoms with Crippen molar-refractivity contribution in [1.29, 1.82) is 0 Å². The van der Waals surface area contributed by atoms with Crippen molar-refractivity contribution in [2.24, 2.45) is 5.92 Å². The van der Waals surface area contributed by atoms with Crippen molar-refractivity contribution in [1.82, 2.24) is 29.3 Å². The summed E-state index contributed by atoms with van der Waals surface area (Å²) in [5.74, 6) is -0.822. The zero-order valence-corrected chi connectivity index (χ0v) is 26.5. The highest BCUT2D eigenvalue weighted by atomic mass is 32.1. The fourth-order valence-electron chi connectivity index (χ4n) is 5.81.